The van der Waals surface area contributed by atoms with Crippen LogP contribution in [0.3, 0.4) is 0 Å². The first-order valence-corrected chi connectivity index (χ1v) is 11.5. The summed E-state index contributed by atoms with van der Waals surface area (Å²) in [6.07, 6.45) is 3.31. The van der Waals surface area contributed by atoms with Crippen molar-refractivity contribution in [1.82, 2.24) is 10.2 Å². The van der Waals surface area contributed by atoms with Gasteiger partial charge in [0.1, 0.15) is 13.2 Å². The second-order valence-electron chi connectivity index (χ2n) is 8.74. The van der Waals surface area contributed by atoms with Gasteiger partial charge in [-0.3, -0.25) is 9.59 Å². The van der Waals surface area contributed by atoms with E-state index in [2.05, 4.69) is 10.6 Å². The molecule has 2 fully saturated rings. The zero-order valence-corrected chi connectivity index (χ0v) is 18.3. The molecule has 2 aromatic rings. The quantitative estimate of drug-likeness (QED) is 0.682. The van der Waals surface area contributed by atoms with Gasteiger partial charge in [0.25, 0.3) is 5.91 Å². The molecule has 1 saturated heterocycles. The van der Waals surface area contributed by atoms with E-state index in [9.17, 15) is 14.4 Å². The summed E-state index contributed by atoms with van der Waals surface area (Å²) in [7, 11) is 0. The molecule has 2 N–H and O–H groups in total. The molecule has 0 unspecified atom stereocenters. The monoisotopic (exact) mass is 449 g/mol. The van der Waals surface area contributed by atoms with Gasteiger partial charge in [0, 0.05) is 41.9 Å². The third-order valence-corrected chi connectivity index (χ3v) is 6.28. The Morgan fingerprint density at radius 3 is 2.18 bits per heavy atom. The summed E-state index contributed by atoms with van der Waals surface area (Å²) in [4.78, 5) is 39.5. The highest BCUT2D eigenvalue weighted by Crippen LogP contribution is 2.32. The fraction of sp³-hybridized carbons (Fsp3) is 0.400. The maximum Gasteiger partial charge on any atom is 0.319 e. The Labute approximate surface area is 192 Å². The van der Waals surface area contributed by atoms with Crippen molar-refractivity contribution in [3.63, 3.8) is 0 Å². The van der Waals surface area contributed by atoms with E-state index in [4.69, 9.17) is 9.47 Å². The second kappa shape index (κ2) is 9.13. The maximum atomic E-state index is 13.0. The van der Waals surface area contributed by atoms with Gasteiger partial charge in [-0.05, 0) is 68.1 Å². The highest BCUT2D eigenvalue weighted by atomic mass is 16.6. The first-order valence-electron chi connectivity index (χ1n) is 11.5. The minimum Gasteiger partial charge on any atom is -0.486 e. The van der Waals surface area contributed by atoms with Crippen molar-refractivity contribution in [3.8, 4) is 11.5 Å². The van der Waals surface area contributed by atoms with E-state index >= 15 is 0 Å². The van der Waals surface area contributed by atoms with Gasteiger partial charge in [0.2, 0.25) is 0 Å². The van der Waals surface area contributed by atoms with Gasteiger partial charge in [-0.2, -0.15) is 0 Å². The average molecular weight is 450 g/mol. The Balaban J connectivity index is 1.14. The molecule has 2 aliphatic heterocycles. The molecule has 1 aliphatic carbocycles. The molecule has 0 aromatic heterocycles. The Bertz CT molecular complexity index is 1060. The topological polar surface area (TPSA) is 97.0 Å². The first kappa shape index (κ1) is 21.3. The summed E-state index contributed by atoms with van der Waals surface area (Å²) in [6.45, 7) is 2.06. The van der Waals surface area contributed by atoms with Crippen LogP contribution in [0.25, 0.3) is 0 Å². The number of nitrogens with zero attached hydrogens (tertiary/aromatic N) is 1. The van der Waals surface area contributed by atoms with Crippen LogP contribution in [0.15, 0.2) is 42.5 Å². The zero-order chi connectivity index (χ0) is 22.8. The van der Waals surface area contributed by atoms with Gasteiger partial charge in [-0.1, -0.05) is 0 Å². The molecular formula is C25H27N3O5. The van der Waals surface area contributed by atoms with E-state index in [0.29, 0.717) is 67.5 Å². The van der Waals surface area contributed by atoms with Crippen LogP contribution >= 0.6 is 0 Å². The Morgan fingerprint density at radius 1 is 0.818 bits per heavy atom. The zero-order valence-electron chi connectivity index (χ0n) is 18.3. The van der Waals surface area contributed by atoms with E-state index in [1.165, 1.54) is 0 Å². The minimum absolute atomic E-state index is 0.0609. The summed E-state index contributed by atoms with van der Waals surface area (Å²) in [5.41, 5.74) is 1.84. The van der Waals surface area contributed by atoms with Crippen LogP contribution in [0.2, 0.25) is 0 Å². The highest BCUT2D eigenvalue weighted by Gasteiger charge is 2.29. The van der Waals surface area contributed by atoms with E-state index in [1.807, 2.05) is 0 Å². The molecule has 0 radical (unpaired) electrons. The number of hydrogen-bond acceptors (Lipinski definition) is 5. The summed E-state index contributed by atoms with van der Waals surface area (Å²) < 4.78 is 11.1. The van der Waals surface area contributed by atoms with Crippen molar-refractivity contribution in [1.29, 1.82) is 0 Å². The molecule has 3 aliphatic rings. The molecule has 1 saturated carbocycles. The number of Topliss-reactive ketones (excluding diaryl/α,β-unsaturated/α-hetero) is 1. The van der Waals surface area contributed by atoms with Crippen molar-refractivity contribution in [3.05, 3.63) is 53.6 Å². The molecule has 3 amide bonds. The number of carbonyl (C=O) groups is 3. The van der Waals surface area contributed by atoms with Crippen LogP contribution < -0.4 is 20.1 Å². The predicted octanol–water partition coefficient (Wildman–Crippen LogP) is 3.48. The van der Waals surface area contributed by atoms with E-state index in [1.54, 1.807) is 47.4 Å². The number of amides is 3. The van der Waals surface area contributed by atoms with Gasteiger partial charge in [-0.25, -0.2) is 4.79 Å². The lowest BCUT2D eigenvalue weighted by Gasteiger charge is -2.31. The molecule has 33 heavy (non-hydrogen) atoms. The number of likely N-dealkylation sites (tertiary alicyclic amines) is 1. The highest BCUT2D eigenvalue weighted by molar-refractivity contribution is 5.99. The number of carbonyl (C=O) groups excluding carboxylic acids is 3. The predicted molar refractivity (Wildman–Crippen MR) is 122 cm³/mol. The number of fused-ring (bicyclic) bond motifs is 1. The number of ether oxygens (including phenoxy) is 2. The van der Waals surface area contributed by atoms with Gasteiger partial charge < -0.3 is 25.0 Å². The normalized spacial score (nSPS) is 17.9. The van der Waals surface area contributed by atoms with Gasteiger partial charge in [-0.15, -0.1) is 0 Å². The van der Waals surface area contributed by atoms with Crippen molar-refractivity contribution >= 4 is 23.4 Å². The molecule has 5 rings (SSSR count). The number of benzene rings is 2. The summed E-state index contributed by atoms with van der Waals surface area (Å²) in [5, 5.41) is 5.65. The van der Waals surface area contributed by atoms with Crippen molar-refractivity contribution in [2.75, 3.05) is 31.6 Å². The van der Waals surface area contributed by atoms with Crippen LogP contribution in [0.1, 0.15) is 46.4 Å². The van der Waals surface area contributed by atoms with E-state index in [0.717, 1.165) is 12.8 Å². The first-order chi connectivity index (χ1) is 16.1. The Kier molecular flexibility index (Phi) is 5.90. The molecule has 2 heterocycles. The van der Waals surface area contributed by atoms with Gasteiger partial charge in [0.05, 0.1) is 0 Å². The summed E-state index contributed by atoms with van der Waals surface area (Å²) in [6, 6.07) is 12.3. The van der Waals surface area contributed by atoms with E-state index in [-0.39, 0.29) is 29.7 Å². The standard InChI is InChI=1S/C25H27N3O5/c29-23(18-3-8-21-22(15-18)33-14-13-32-21)16-9-11-28(12-10-16)24(30)17-1-4-19(5-2-17)26-25(31)27-20-6-7-20/h1-5,8,15-16,20H,6-7,9-14H2,(H2,26,27,31). The minimum atomic E-state index is -0.221. The lowest BCUT2D eigenvalue weighted by atomic mass is 9.88. The average Bonchev–Trinajstić information content (AvgIpc) is 3.67. The van der Waals surface area contributed by atoms with Crippen LogP contribution in [0.4, 0.5) is 10.5 Å². The number of nitrogens with one attached hydrogen (secondary N) is 2. The number of ketones is 1. The molecule has 8 nitrogen and oxygen atoms in total. The molecule has 0 atom stereocenters. The fourth-order valence-electron chi connectivity index (χ4n) is 4.24. The van der Waals surface area contributed by atoms with Crippen molar-refractivity contribution in [2.24, 2.45) is 5.92 Å². The fourth-order valence-corrected chi connectivity index (χ4v) is 4.24. The molecule has 0 bridgehead atoms. The van der Waals surface area contributed by atoms with Crippen LogP contribution in [0, 0.1) is 5.92 Å². The smallest absolute Gasteiger partial charge is 0.319 e. The lowest BCUT2D eigenvalue weighted by molar-refractivity contribution is 0.0650. The molecule has 8 heteroatoms. The third-order valence-electron chi connectivity index (χ3n) is 6.28. The molecule has 172 valence electrons. The second-order valence-corrected chi connectivity index (χ2v) is 8.74. The van der Waals surface area contributed by atoms with Gasteiger partial charge >= 0.3 is 6.03 Å². The lowest BCUT2D eigenvalue weighted by Crippen LogP contribution is -2.40. The molecular weight excluding hydrogens is 422 g/mol. The third kappa shape index (κ3) is 4.94. The molecule has 2 aromatic carbocycles. The molecule has 0 spiro atoms. The number of urea groups is 1. The SMILES string of the molecule is O=C(Nc1ccc(C(=O)N2CCC(C(=O)c3ccc4c(c3)OCCO4)CC2)cc1)NC1CC1. The Hall–Kier alpha value is -3.55. The van der Waals surface area contributed by atoms with Crippen LogP contribution in [0.5, 0.6) is 11.5 Å². The van der Waals surface area contributed by atoms with Crippen LogP contribution in [-0.2, 0) is 0 Å². The largest absolute Gasteiger partial charge is 0.486 e. The number of piperidine rings is 1. The van der Waals surface area contributed by atoms with Crippen LogP contribution in [-0.4, -0.2) is 55.0 Å². The summed E-state index contributed by atoms with van der Waals surface area (Å²) in [5.74, 6) is 1.19. The Morgan fingerprint density at radius 2 is 1.48 bits per heavy atom. The number of rotatable bonds is 5. The number of hydrogen-bond donors (Lipinski definition) is 2. The van der Waals surface area contributed by atoms with E-state index < -0.39 is 0 Å². The van der Waals surface area contributed by atoms with Crippen molar-refractivity contribution in [2.45, 2.75) is 31.7 Å². The summed E-state index contributed by atoms with van der Waals surface area (Å²) >= 11 is 0. The van der Waals surface area contributed by atoms with Gasteiger partial charge in [0.15, 0.2) is 17.3 Å². The van der Waals surface area contributed by atoms with Crippen molar-refractivity contribution < 1.29 is 23.9 Å². The number of anilines is 1. The maximum absolute atomic E-state index is 13.0.